The van der Waals surface area contributed by atoms with Crippen molar-refractivity contribution in [3.8, 4) is 0 Å². The first-order valence-electron chi connectivity index (χ1n) is 6.73. The molecule has 118 valence electrons. The summed E-state index contributed by atoms with van der Waals surface area (Å²) in [5.74, 6) is -1.16. The second kappa shape index (κ2) is 5.96. The Bertz CT molecular complexity index is 908. The van der Waals surface area contributed by atoms with Gasteiger partial charge in [-0.25, -0.2) is 8.78 Å². The maximum Gasteiger partial charge on any atom is 0.300 e. The Balaban J connectivity index is 1.92. The molecule has 3 rings (SSSR count). The van der Waals surface area contributed by atoms with Crippen molar-refractivity contribution >= 4 is 40.2 Å². The third-order valence-corrected chi connectivity index (χ3v) is 3.48. The number of fused-ring (bicyclic) bond motifs is 1. The Labute approximate surface area is 135 Å². The number of oxazole rings is 1. The number of hydrogen-bond donors (Lipinski definition) is 1. The molecule has 0 fully saturated rings. The molecule has 0 unspecified atom stereocenters. The lowest BCUT2D eigenvalue weighted by atomic mass is 10.1. The molecule has 0 saturated carbocycles. The summed E-state index contributed by atoms with van der Waals surface area (Å²) >= 11 is 6.09. The minimum absolute atomic E-state index is 0.0337. The van der Waals surface area contributed by atoms with Crippen molar-refractivity contribution in [3.63, 3.8) is 0 Å². The molecule has 1 heterocycles. The van der Waals surface area contributed by atoms with Gasteiger partial charge in [0.1, 0.15) is 22.9 Å². The van der Waals surface area contributed by atoms with Gasteiger partial charge in [0.25, 0.3) is 6.01 Å². The molecule has 0 spiro atoms. The molecule has 1 N–H and O–H groups in total. The summed E-state index contributed by atoms with van der Waals surface area (Å²) < 4.78 is 32.5. The quantitative estimate of drug-likeness (QED) is 0.754. The molecular formula is C16H11ClF2N2O2. The van der Waals surface area contributed by atoms with Crippen LogP contribution in [0.2, 0.25) is 5.02 Å². The Kier molecular flexibility index (Phi) is 4.00. The van der Waals surface area contributed by atoms with Crippen molar-refractivity contribution in [3.05, 3.63) is 52.6 Å². The summed E-state index contributed by atoms with van der Waals surface area (Å²) in [7, 11) is 0. The van der Waals surface area contributed by atoms with E-state index in [0.717, 1.165) is 6.07 Å². The van der Waals surface area contributed by atoms with Crippen LogP contribution in [-0.4, -0.2) is 10.8 Å². The molecule has 23 heavy (non-hydrogen) atoms. The Morgan fingerprint density at radius 2 is 2.09 bits per heavy atom. The predicted molar refractivity (Wildman–Crippen MR) is 83.0 cm³/mol. The monoisotopic (exact) mass is 336 g/mol. The second-order valence-electron chi connectivity index (χ2n) is 5.06. The highest BCUT2D eigenvalue weighted by Crippen LogP contribution is 2.30. The van der Waals surface area contributed by atoms with Crippen LogP contribution in [0, 0.1) is 11.6 Å². The van der Waals surface area contributed by atoms with Crippen molar-refractivity contribution in [1.29, 1.82) is 0 Å². The van der Waals surface area contributed by atoms with Gasteiger partial charge in [-0.2, -0.15) is 4.98 Å². The number of ketones is 1. The van der Waals surface area contributed by atoms with Crippen LogP contribution in [0.4, 0.5) is 20.5 Å². The van der Waals surface area contributed by atoms with E-state index in [2.05, 4.69) is 10.3 Å². The van der Waals surface area contributed by atoms with E-state index in [1.165, 1.54) is 31.2 Å². The largest absolute Gasteiger partial charge is 0.423 e. The molecule has 0 aliphatic carbocycles. The SMILES string of the molecule is CC(=O)Cc1cc(Cl)c(Nc2nc3cc(F)ccc3o2)cc1F. The first-order valence-corrected chi connectivity index (χ1v) is 7.10. The van der Waals surface area contributed by atoms with Crippen LogP contribution in [0.3, 0.4) is 0 Å². The van der Waals surface area contributed by atoms with Gasteiger partial charge in [-0.1, -0.05) is 11.6 Å². The fourth-order valence-electron chi connectivity index (χ4n) is 2.16. The van der Waals surface area contributed by atoms with Gasteiger partial charge in [0.05, 0.1) is 10.7 Å². The summed E-state index contributed by atoms with van der Waals surface area (Å²) in [6.07, 6.45) is -0.0337. The van der Waals surface area contributed by atoms with Crippen molar-refractivity contribution in [1.82, 2.24) is 4.98 Å². The lowest BCUT2D eigenvalue weighted by Gasteiger charge is -2.08. The van der Waals surface area contributed by atoms with E-state index < -0.39 is 11.6 Å². The molecule has 2 aromatic carbocycles. The number of nitrogens with one attached hydrogen (secondary N) is 1. The molecule has 3 aromatic rings. The van der Waals surface area contributed by atoms with Crippen LogP contribution in [0.25, 0.3) is 11.1 Å². The molecule has 0 aliphatic heterocycles. The predicted octanol–water partition coefficient (Wildman–Crippen LogP) is 4.63. The van der Waals surface area contributed by atoms with Crippen molar-refractivity contribution in [2.45, 2.75) is 13.3 Å². The first-order chi connectivity index (χ1) is 10.9. The summed E-state index contributed by atoms with van der Waals surface area (Å²) in [6, 6.07) is 6.52. The third-order valence-electron chi connectivity index (χ3n) is 3.17. The Morgan fingerprint density at radius 1 is 1.30 bits per heavy atom. The van der Waals surface area contributed by atoms with E-state index in [1.807, 2.05) is 0 Å². The van der Waals surface area contributed by atoms with Gasteiger partial charge in [0.2, 0.25) is 0 Å². The van der Waals surface area contributed by atoms with Crippen molar-refractivity contribution in [2.24, 2.45) is 0 Å². The molecule has 0 saturated heterocycles. The molecule has 0 radical (unpaired) electrons. The van der Waals surface area contributed by atoms with Crippen molar-refractivity contribution < 1.29 is 18.0 Å². The van der Waals surface area contributed by atoms with Gasteiger partial charge in [-0.3, -0.25) is 4.79 Å². The van der Waals surface area contributed by atoms with Gasteiger partial charge >= 0.3 is 0 Å². The number of aromatic nitrogens is 1. The highest BCUT2D eigenvalue weighted by Gasteiger charge is 2.13. The smallest absolute Gasteiger partial charge is 0.300 e. The van der Waals surface area contributed by atoms with E-state index in [9.17, 15) is 13.6 Å². The maximum atomic E-state index is 14.0. The lowest BCUT2D eigenvalue weighted by molar-refractivity contribution is -0.116. The number of Topliss-reactive ketones (excluding diaryl/α,β-unsaturated/α-hetero) is 1. The molecule has 0 aliphatic rings. The molecule has 0 bridgehead atoms. The number of hydrogen-bond acceptors (Lipinski definition) is 4. The summed E-state index contributed by atoms with van der Waals surface area (Å²) in [6.45, 7) is 1.37. The van der Waals surface area contributed by atoms with E-state index in [1.54, 1.807) is 0 Å². The number of halogens is 3. The van der Waals surface area contributed by atoms with Gasteiger partial charge in [-0.05, 0) is 36.8 Å². The van der Waals surface area contributed by atoms with Gasteiger partial charge < -0.3 is 9.73 Å². The fourth-order valence-corrected chi connectivity index (χ4v) is 2.39. The maximum absolute atomic E-state index is 14.0. The lowest BCUT2D eigenvalue weighted by Crippen LogP contribution is -2.01. The number of rotatable bonds is 4. The zero-order valence-electron chi connectivity index (χ0n) is 12.0. The summed E-state index contributed by atoms with van der Waals surface area (Å²) in [5.41, 5.74) is 1.17. The Morgan fingerprint density at radius 3 is 2.83 bits per heavy atom. The van der Waals surface area contributed by atoms with Crippen LogP contribution in [-0.2, 0) is 11.2 Å². The molecule has 0 amide bonds. The zero-order valence-corrected chi connectivity index (χ0v) is 12.7. The van der Waals surface area contributed by atoms with Gasteiger partial charge in [0.15, 0.2) is 5.58 Å². The Hall–Kier alpha value is -2.47. The number of carbonyl (C=O) groups excluding carboxylic acids is 1. The average Bonchev–Trinajstić information content (AvgIpc) is 2.85. The van der Waals surface area contributed by atoms with Crippen LogP contribution < -0.4 is 5.32 Å². The van der Waals surface area contributed by atoms with Crippen LogP contribution >= 0.6 is 11.6 Å². The van der Waals surface area contributed by atoms with E-state index in [4.69, 9.17) is 16.0 Å². The minimum Gasteiger partial charge on any atom is -0.423 e. The van der Waals surface area contributed by atoms with E-state index >= 15 is 0 Å². The van der Waals surface area contributed by atoms with Crippen LogP contribution in [0.1, 0.15) is 12.5 Å². The zero-order chi connectivity index (χ0) is 16.6. The highest BCUT2D eigenvalue weighted by molar-refractivity contribution is 6.33. The number of carbonyl (C=O) groups is 1. The van der Waals surface area contributed by atoms with E-state index in [0.29, 0.717) is 11.1 Å². The van der Waals surface area contributed by atoms with Crippen LogP contribution in [0.5, 0.6) is 0 Å². The molecule has 7 heteroatoms. The standard InChI is InChI=1S/C16H11ClF2N2O2/c1-8(22)4-9-5-11(17)13(7-12(9)19)20-16-21-14-6-10(18)2-3-15(14)23-16/h2-3,5-7H,4H2,1H3,(H,20,21). The topological polar surface area (TPSA) is 55.1 Å². The summed E-state index contributed by atoms with van der Waals surface area (Å²) in [5, 5.41) is 2.96. The first kappa shape index (κ1) is 15.4. The van der Waals surface area contributed by atoms with E-state index in [-0.39, 0.29) is 34.5 Å². The van der Waals surface area contributed by atoms with Crippen LogP contribution in [0.15, 0.2) is 34.7 Å². The van der Waals surface area contributed by atoms with Crippen molar-refractivity contribution in [2.75, 3.05) is 5.32 Å². The third kappa shape index (κ3) is 3.32. The minimum atomic E-state index is -0.561. The highest BCUT2D eigenvalue weighted by atomic mass is 35.5. The molecule has 4 nitrogen and oxygen atoms in total. The fraction of sp³-hybridized carbons (Fsp3) is 0.125. The molecular weight excluding hydrogens is 326 g/mol. The van der Waals surface area contributed by atoms with Gasteiger partial charge in [-0.15, -0.1) is 0 Å². The number of nitrogens with zero attached hydrogens (tertiary/aromatic N) is 1. The molecule has 0 atom stereocenters. The number of benzene rings is 2. The molecule has 1 aromatic heterocycles. The second-order valence-corrected chi connectivity index (χ2v) is 5.47. The summed E-state index contributed by atoms with van der Waals surface area (Å²) in [4.78, 5) is 15.2. The van der Waals surface area contributed by atoms with Gasteiger partial charge in [0, 0.05) is 12.5 Å². The number of anilines is 2. The normalized spacial score (nSPS) is 11.0. The average molecular weight is 337 g/mol.